The van der Waals surface area contributed by atoms with E-state index in [-0.39, 0.29) is 42.6 Å². The number of carbonyl (C=O) groups is 2. The summed E-state index contributed by atoms with van der Waals surface area (Å²) in [5.74, 6) is -0.481. The third-order valence-corrected chi connectivity index (χ3v) is 6.29. The van der Waals surface area contributed by atoms with Crippen LogP contribution in [0.4, 0.5) is 22.1 Å². The summed E-state index contributed by atoms with van der Waals surface area (Å²) in [7, 11) is 0. The lowest BCUT2D eigenvalue weighted by Crippen LogP contribution is -2.40. The van der Waals surface area contributed by atoms with Gasteiger partial charge >= 0.3 is 17.8 Å². The third kappa shape index (κ3) is 8.27. The summed E-state index contributed by atoms with van der Waals surface area (Å²) in [4.78, 5) is 48.4. The molecule has 0 unspecified atom stereocenters. The van der Waals surface area contributed by atoms with E-state index in [2.05, 4.69) is 9.97 Å². The summed E-state index contributed by atoms with van der Waals surface area (Å²) < 4.78 is 11.2. The molecule has 1 aromatic carbocycles. The zero-order valence-electron chi connectivity index (χ0n) is 24.1. The monoisotopic (exact) mass is 556 g/mol. The second-order valence-corrected chi connectivity index (χ2v) is 10.9. The van der Waals surface area contributed by atoms with Gasteiger partial charge in [0.25, 0.3) is 0 Å². The van der Waals surface area contributed by atoms with Crippen LogP contribution in [0.15, 0.2) is 18.2 Å². The standard InChI is InChI=1S/C28H40N6O6/c1-6-8-14-39-26-30-24(29)23(34(37)38)25(31-26)33(18-22(35)9-7-2)16-19-10-11-20-12-13-32(17-21(20)15-19)27(36)40-28(3,4)5/h10-11,15H,6-9,12-14,16-18H2,1-5H3,(H2,29,30,31). The van der Waals surface area contributed by atoms with Crippen LogP contribution in [0.2, 0.25) is 0 Å². The van der Waals surface area contributed by atoms with E-state index in [9.17, 15) is 19.7 Å². The number of Topliss-reactive ketones (excluding diaryl/α,β-unsaturated/α-hetero) is 1. The number of unbranched alkanes of at least 4 members (excludes halogenated alkanes) is 1. The number of ether oxygens (including phenoxy) is 2. The second kappa shape index (κ2) is 13.4. The Kier molecular flexibility index (Phi) is 10.2. The molecule has 12 nitrogen and oxygen atoms in total. The van der Waals surface area contributed by atoms with Crippen molar-refractivity contribution in [2.24, 2.45) is 0 Å². The number of fused-ring (bicyclic) bond motifs is 1. The smallest absolute Gasteiger partial charge is 0.410 e. The van der Waals surface area contributed by atoms with Crippen LogP contribution in [0.3, 0.4) is 0 Å². The minimum Gasteiger partial charge on any atom is -0.463 e. The van der Waals surface area contributed by atoms with E-state index in [1.165, 1.54) is 0 Å². The SMILES string of the molecule is CCCCOc1nc(N)c([N+](=O)[O-])c(N(CC(=O)CCC)Cc2ccc3c(c2)CN(C(=O)OC(C)(C)C)CC3)n1. The zero-order valence-corrected chi connectivity index (χ0v) is 24.1. The molecule has 3 rings (SSSR count). The maximum Gasteiger partial charge on any atom is 0.410 e. The topological polar surface area (TPSA) is 154 Å². The zero-order chi connectivity index (χ0) is 29.4. The van der Waals surface area contributed by atoms with Crippen LogP contribution in [0.1, 0.15) is 77.0 Å². The van der Waals surface area contributed by atoms with Gasteiger partial charge in [-0.25, -0.2) is 4.79 Å². The number of ketones is 1. The van der Waals surface area contributed by atoms with E-state index < -0.39 is 16.2 Å². The van der Waals surface area contributed by atoms with E-state index in [0.717, 1.165) is 29.5 Å². The quantitative estimate of drug-likeness (QED) is 0.219. The molecule has 0 fully saturated rings. The van der Waals surface area contributed by atoms with Gasteiger partial charge < -0.3 is 25.0 Å². The van der Waals surface area contributed by atoms with Crippen molar-refractivity contribution in [3.05, 3.63) is 45.0 Å². The fourth-order valence-electron chi connectivity index (χ4n) is 4.40. The van der Waals surface area contributed by atoms with Crippen molar-refractivity contribution < 1.29 is 24.0 Å². The van der Waals surface area contributed by atoms with Crippen molar-refractivity contribution in [3.63, 3.8) is 0 Å². The maximum atomic E-state index is 12.8. The highest BCUT2D eigenvalue weighted by Crippen LogP contribution is 2.34. The lowest BCUT2D eigenvalue weighted by Gasteiger charge is -2.31. The van der Waals surface area contributed by atoms with Gasteiger partial charge in [0.15, 0.2) is 5.78 Å². The summed E-state index contributed by atoms with van der Waals surface area (Å²) >= 11 is 0. The number of rotatable bonds is 12. The van der Waals surface area contributed by atoms with Crippen LogP contribution < -0.4 is 15.4 Å². The van der Waals surface area contributed by atoms with Gasteiger partial charge in [-0.3, -0.25) is 14.9 Å². The van der Waals surface area contributed by atoms with Crippen molar-refractivity contribution in [1.29, 1.82) is 0 Å². The summed E-state index contributed by atoms with van der Waals surface area (Å²) in [6, 6.07) is 5.80. The van der Waals surface area contributed by atoms with E-state index in [4.69, 9.17) is 15.2 Å². The van der Waals surface area contributed by atoms with E-state index in [0.29, 0.717) is 39.0 Å². The molecule has 0 saturated carbocycles. The van der Waals surface area contributed by atoms with Gasteiger partial charge in [0, 0.05) is 26.1 Å². The molecule has 12 heteroatoms. The molecule has 1 amide bonds. The molecule has 0 spiro atoms. The second-order valence-electron chi connectivity index (χ2n) is 10.9. The molecule has 0 saturated heterocycles. The van der Waals surface area contributed by atoms with Crippen LogP contribution in [0, 0.1) is 10.1 Å². The van der Waals surface area contributed by atoms with E-state index in [1.54, 1.807) is 9.80 Å². The maximum absolute atomic E-state index is 12.8. The minimum absolute atomic E-state index is 0.0680. The molecule has 1 aliphatic heterocycles. The highest BCUT2D eigenvalue weighted by molar-refractivity contribution is 5.84. The van der Waals surface area contributed by atoms with Crippen LogP contribution >= 0.6 is 0 Å². The summed E-state index contributed by atoms with van der Waals surface area (Å²) in [6.07, 6.45) is 2.91. The number of hydrogen-bond acceptors (Lipinski definition) is 10. The molecule has 1 aromatic heterocycles. The first-order valence-corrected chi connectivity index (χ1v) is 13.7. The highest BCUT2D eigenvalue weighted by Gasteiger charge is 2.30. The Morgan fingerprint density at radius 2 is 1.93 bits per heavy atom. The number of benzene rings is 1. The number of aromatic nitrogens is 2. The number of nitrogens with zero attached hydrogens (tertiary/aromatic N) is 5. The van der Waals surface area contributed by atoms with Gasteiger partial charge in [0.05, 0.1) is 18.1 Å². The summed E-state index contributed by atoms with van der Waals surface area (Å²) in [5.41, 5.74) is 7.79. The minimum atomic E-state index is -0.636. The normalized spacial score (nSPS) is 13.0. The van der Waals surface area contributed by atoms with E-state index >= 15 is 0 Å². The number of amides is 1. The molecule has 2 heterocycles. The van der Waals surface area contributed by atoms with Crippen molar-refractivity contribution in [2.45, 2.75) is 85.4 Å². The first-order chi connectivity index (χ1) is 18.9. The molecule has 218 valence electrons. The largest absolute Gasteiger partial charge is 0.463 e. The predicted molar refractivity (Wildman–Crippen MR) is 151 cm³/mol. The Morgan fingerprint density at radius 1 is 1.18 bits per heavy atom. The van der Waals surface area contributed by atoms with Crippen LogP contribution in [-0.4, -0.2) is 57.0 Å². The lowest BCUT2D eigenvalue weighted by molar-refractivity contribution is -0.383. The molecule has 2 N–H and O–H groups in total. The molecular weight excluding hydrogens is 516 g/mol. The van der Waals surface area contributed by atoms with Crippen molar-refractivity contribution in [1.82, 2.24) is 14.9 Å². The first-order valence-electron chi connectivity index (χ1n) is 13.7. The molecule has 0 radical (unpaired) electrons. The molecule has 0 bridgehead atoms. The van der Waals surface area contributed by atoms with Crippen molar-refractivity contribution >= 4 is 29.2 Å². The van der Waals surface area contributed by atoms with Gasteiger partial charge in [-0.1, -0.05) is 38.5 Å². The first kappa shape index (κ1) is 30.6. The average Bonchev–Trinajstić information content (AvgIpc) is 2.86. The number of nitrogens with two attached hydrogens (primary N) is 1. The van der Waals surface area contributed by atoms with Crippen LogP contribution in [-0.2, 0) is 29.0 Å². The molecule has 0 atom stereocenters. The number of nitrogen functional groups attached to an aromatic ring is 1. The lowest BCUT2D eigenvalue weighted by atomic mass is 9.97. The number of carbonyl (C=O) groups excluding carboxylic acids is 2. The summed E-state index contributed by atoms with van der Waals surface area (Å²) in [6.45, 7) is 10.7. The number of anilines is 2. The van der Waals surface area contributed by atoms with Crippen LogP contribution in [0.5, 0.6) is 6.01 Å². The van der Waals surface area contributed by atoms with E-state index in [1.807, 2.05) is 52.8 Å². The van der Waals surface area contributed by atoms with Crippen molar-refractivity contribution in [3.8, 4) is 6.01 Å². The molecular formula is C28H40N6O6. The van der Waals surface area contributed by atoms with Crippen LogP contribution in [0.25, 0.3) is 0 Å². The fraction of sp³-hybridized carbons (Fsp3) is 0.571. The van der Waals surface area contributed by atoms with Gasteiger partial charge in [-0.05, 0) is 56.7 Å². The Morgan fingerprint density at radius 3 is 2.58 bits per heavy atom. The Labute approximate surface area is 235 Å². The molecule has 0 aliphatic carbocycles. The van der Waals surface area contributed by atoms with Gasteiger partial charge in [0.1, 0.15) is 5.60 Å². The predicted octanol–water partition coefficient (Wildman–Crippen LogP) is 4.81. The number of hydrogen-bond donors (Lipinski definition) is 1. The van der Waals surface area contributed by atoms with Gasteiger partial charge in [0.2, 0.25) is 11.6 Å². The average molecular weight is 557 g/mol. The Bertz CT molecular complexity index is 1230. The molecule has 40 heavy (non-hydrogen) atoms. The molecule has 1 aliphatic rings. The van der Waals surface area contributed by atoms with Gasteiger partial charge in [-0.15, -0.1) is 0 Å². The number of nitro groups is 1. The highest BCUT2D eigenvalue weighted by atomic mass is 16.6. The Balaban J connectivity index is 1.95. The fourth-order valence-corrected chi connectivity index (χ4v) is 4.40. The summed E-state index contributed by atoms with van der Waals surface area (Å²) in [5, 5.41) is 12.0. The van der Waals surface area contributed by atoms with Gasteiger partial charge in [-0.2, -0.15) is 9.97 Å². The third-order valence-electron chi connectivity index (χ3n) is 6.29. The molecule has 2 aromatic rings. The van der Waals surface area contributed by atoms with Crippen molar-refractivity contribution in [2.75, 3.05) is 30.3 Å². The Hall–Kier alpha value is -3.96.